The third-order valence-corrected chi connectivity index (χ3v) is 5.33. The van der Waals surface area contributed by atoms with E-state index in [0.717, 1.165) is 10.6 Å². The van der Waals surface area contributed by atoms with Crippen LogP contribution in [0, 0.1) is 0 Å². The van der Waals surface area contributed by atoms with Crippen molar-refractivity contribution in [3.05, 3.63) is 65.7 Å². The third-order valence-electron chi connectivity index (χ3n) is 5.33. The number of carbonyl (C=O) groups excluding carboxylic acids is 1. The largest absolute Gasteiger partial charge is 0.465 e. The van der Waals surface area contributed by atoms with Gasteiger partial charge in [-0.15, -0.1) is 0 Å². The fourth-order valence-electron chi connectivity index (χ4n) is 4.25. The number of hydroxylamine groups is 1. The van der Waals surface area contributed by atoms with Gasteiger partial charge >= 0.3 is 6.09 Å². The van der Waals surface area contributed by atoms with E-state index in [-0.39, 0.29) is 5.78 Å². The van der Waals surface area contributed by atoms with Crippen molar-refractivity contribution in [2.45, 2.75) is 51.2 Å². The molecule has 1 aliphatic heterocycles. The Kier molecular flexibility index (Phi) is 5.17. The molecule has 2 aromatic carbocycles. The van der Waals surface area contributed by atoms with E-state index >= 15 is 0 Å². The van der Waals surface area contributed by atoms with Crippen molar-refractivity contribution in [2.24, 2.45) is 0 Å². The lowest BCUT2D eigenvalue weighted by Gasteiger charge is -2.43. The normalized spacial score (nSPS) is 18.5. The van der Waals surface area contributed by atoms with E-state index in [1.807, 2.05) is 51.1 Å². The number of anilines is 1. The molecular formula is C22H26N2O4. The van der Waals surface area contributed by atoms with Gasteiger partial charge in [-0.25, -0.2) is 9.86 Å². The molecule has 6 nitrogen and oxygen atoms in total. The maximum Gasteiger partial charge on any atom is 0.407 e. The van der Waals surface area contributed by atoms with Crippen LogP contribution in [0.1, 0.15) is 49.5 Å². The second kappa shape index (κ2) is 7.28. The summed E-state index contributed by atoms with van der Waals surface area (Å²) >= 11 is 0. The zero-order valence-electron chi connectivity index (χ0n) is 16.5. The monoisotopic (exact) mass is 382 g/mol. The molecule has 1 heterocycles. The first-order valence-electron chi connectivity index (χ1n) is 9.33. The Bertz CT molecular complexity index is 876. The van der Waals surface area contributed by atoms with Gasteiger partial charge in [-0.3, -0.25) is 10.0 Å². The van der Waals surface area contributed by atoms with Crippen LogP contribution >= 0.6 is 0 Å². The quantitative estimate of drug-likeness (QED) is 0.819. The molecule has 3 atom stereocenters. The number of hydrogen-bond acceptors (Lipinski definition) is 4. The second-order valence-electron chi connectivity index (χ2n) is 8.17. The van der Waals surface area contributed by atoms with Crippen molar-refractivity contribution < 1.29 is 19.9 Å². The SMILES string of the molecule is C[C@@H]([C@H](c1ccccc1)C1C(=O)c2ccccc2N1O)N(C(=O)O)C(C)(C)C. The van der Waals surface area contributed by atoms with Crippen LogP contribution in [0.4, 0.5) is 10.5 Å². The Balaban J connectivity index is 2.12. The third kappa shape index (κ3) is 3.36. The number of carboxylic acid groups (broad SMARTS) is 1. The molecule has 0 spiro atoms. The van der Waals surface area contributed by atoms with Gasteiger partial charge in [-0.05, 0) is 45.4 Å². The summed E-state index contributed by atoms with van der Waals surface area (Å²) in [7, 11) is 0. The second-order valence-corrected chi connectivity index (χ2v) is 8.17. The minimum atomic E-state index is -1.06. The number of fused-ring (bicyclic) bond motifs is 1. The van der Waals surface area contributed by atoms with Crippen LogP contribution < -0.4 is 5.06 Å². The summed E-state index contributed by atoms with van der Waals surface area (Å²) < 4.78 is 0. The van der Waals surface area contributed by atoms with Crippen LogP contribution in [-0.2, 0) is 0 Å². The molecule has 0 radical (unpaired) electrons. The number of rotatable bonds is 4. The number of ketones is 1. The highest BCUT2D eigenvalue weighted by molar-refractivity contribution is 6.11. The van der Waals surface area contributed by atoms with E-state index in [0.29, 0.717) is 11.3 Å². The molecule has 0 saturated carbocycles. The van der Waals surface area contributed by atoms with Gasteiger partial charge in [0.15, 0.2) is 5.78 Å². The molecule has 148 valence electrons. The fraction of sp³-hybridized carbons (Fsp3) is 0.364. The number of carbonyl (C=O) groups is 2. The van der Waals surface area contributed by atoms with E-state index in [4.69, 9.17) is 0 Å². The molecule has 6 heteroatoms. The van der Waals surface area contributed by atoms with Crippen molar-refractivity contribution in [2.75, 3.05) is 5.06 Å². The summed E-state index contributed by atoms with van der Waals surface area (Å²) in [4.78, 5) is 26.6. The molecule has 1 amide bonds. The molecule has 2 N–H and O–H groups in total. The molecule has 1 unspecified atom stereocenters. The predicted octanol–water partition coefficient (Wildman–Crippen LogP) is 4.40. The summed E-state index contributed by atoms with van der Waals surface area (Å²) in [5.74, 6) is -0.764. The topological polar surface area (TPSA) is 81.1 Å². The van der Waals surface area contributed by atoms with Gasteiger partial charge in [0.25, 0.3) is 0 Å². The van der Waals surface area contributed by atoms with Crippen molar-refractivity contribution >= 4 is 17.6 Å². The summed E-state index contributed by atoms with van der Waals surface area (Å²) in [6.45, 7) is 7.26. The molecule has 0 saturated heterocycles. The van der Waals surface area contributed by atoms with Crippen molar-refractivity contribution in [1.82, 2.24) is 4.90 Å². The maximum absolute atomic E-state index is 13.2. The highest BCUT2D eigenvalue weighted by Gasteiger charge is 2.47. The molecule has 2 aromatic rings. The van der Waals surface area contributed by atoms with Crippen molar-refractivity contribution in [3.8, 4) is 0 Å². The first kappa shape index (κ1) is 19.9. The van der Waals surface area contributed by atoms with Gasteiger partial charge in [0.2, 0.25) is 0 Å². The maximum atomic E-state index is 13.2. The minimum Gasteiger partial charge on any atom is -0.465 e. The molecule has 0 aromatic heterocycles. The summed E-state index contributed by atoms with van der Waals surface area (Å²) in [6, 6.07) is 14.7. The van der Waals surface area contributed by atoms with Crippen LogP contribution in [0.2, 0.25) is 0 Å². The van der Waals surface area contributed by atoms with Crippen LogP contribution in [0.25, 0.3) is 0 Å². The van der Waals surface area contributed by atoms with Gasteiger partial charge < -0.3 is 10.0 Å². The standard InChI is InChI=1S/C22H26N2O4/c1-14(23(21(26)27)22(2,3)4)18(15-10-6-5-7-11-15)19-20(25)16-12-8-9-13-17(16)24(19)28/h5-14,18-19,28H,1-4H3,(H,26,27)/t14-,18+,19?/m0/s1. The predicted molar refractivity (Wildman–Crippen MR) is 107 cm³/mol. The van der Waals surface area contributed by atoms with Crippen molar-refractivity contribution in [1.29, 1.82) is 0 Å². The lowest BCUT2D eigenvalue weighted by molar-refractivity contribution is 0.0540. The number of nitrogens with zero attached hydrogens (tertiary/aromatic N) is 2. The zero-order chi connectivity index (χ0) is 20.6. The smallest absolute Gasteiger partial charge is 0.407 e. The highest BCUT2D eigenvalue weighted by Crippen LogP contribution is 2.41. The Labute approximate surface area is 165 Å². The first-order valence-corrected chi connectivity index (χ1v) is 9.33. The minimum absolute atomic E-state index is 0.210. The molecule has 3 rings (SSSR count). The van der Waals surface area contributed by atoms with E-state index < -0.39 is 29.6 Å². The van der Waals surface area contributed by atoms with Crippen molar-refractivity contribution in [3.63, 3.8) is 0 Å². The zero-order valence-corrected chi connectivity index (χ0v) is 16.5. The van der Waals surface area contributed by atoms with Gasteiger partial charge in [0.1, 0.15) is 6.04 Å². The lowest BCUT2D eigenvalue weighted by atomic mass is 9.81. The lowest BCUT2D eigenvalue weighted by Crippen LogP contribution is -2.56. The number of benzene rings is 2. The van der Waals surface area contributed by atoms with Gasteiger partial charge in [-0.1, -0.05) is 42.5 Å². The van der Waals surface area contributed by atoms with Gasteiger partial charge in [0.05, 0.1) is 5.69 Å². The van der Waals surface area contributed by atoms with Crippen LogP contribution in [-0.4, -0.2) is 44.7 Å². The number of Topliss-reactive ketones (excluding diaryl/α,β-unsaturated/α-hetero) is 1. The average Bonchev–Trinajstić information content (AvgIpc) is 2.87. The molecular weight excluding hydrogens is 356 g/mol. The van der Waals surface area contributed by atoms with Gasteiger partial charge in [-0.2, -0.15) is 0 Å². The Morgan fingerprint density at radius 3 is 2.18 bits per heavy atom. The average molecular weight is 382 g/mol. The molecule has 28 heavy (non-hydrogen) atoms. The fourth-order valence-corrected chi connectivity index (χ4v) is 4.25. The molecule has 0 bridgehead atoms. The highest BCUT2D eigenvalue weighted by atomic mass is 16.5. The summed E-state index contributed by atoms with van der Waals surface area (Å²) in [6.07, 6.45) is -1.06. The van der Waals surface area contributed by atoms with E-state index in [1.54, 1.807) is 31.2 Å². The first-order chi connectivity index (χ1) is 13.1. The van der Waals surface area contributed by atoms with E-state index in [1.165, 1.54) is 4.90 Å². The Morgan fingerprint density at radius 2 is 1.64 bits per heavy atom. The summed E-state index contributed by atoms with van der Waals surface area (Å²) in [5.41, 5.74) is 1.02. The molecule has 0 aliphatic carbocycles. The van der Waals surface area contributed by atoms with E-state index in [9.17, 15) is 19.9 Å². The molecule has 1 aliphatic rings. The van der Waals surface area contributed by atoms with Crippen LogP contribution in [0.5, 0.6) is 0 Å². The van der Waals surface area contributed by atoms with Crippen LogP contribution in [0.15, 0.2) is 54.6 Å². The van der Waals surface area contributed by atoms with E-state index in [2.05, 4.69) is 0 Å². The Hall–Kier alpha value is -2.86. The number of amides is 1. The van der Waals surface area contributed by atoms with Gasteiger partial charge in [0, 0.05) is 23.1 Å². The van der Waals surface area contributed by atoms with Crippen LogP contribution in [0.3, 0.4) is 0 Å². The number of para-hydroxylation sites is 1. The summed E-state index contributed by atoms with van der Waals surface area (Å²) in [5, 5.41) is 21.7. The molecule has 0 fully saturated rings. The Morgan fingerprint density at radius 1 is 1.07 bits per heavy atom. The number of hydrogen-bond donors (Lipinski definition) is 2.